The first-order chi connectivity index (χ1) is 19.7. The Bertz CT molecular complexity index is 1330. The molecule has 0 spiro atoms. The highest BCUT2D eigenvalue weighted by atomic mass is 32.2. The number of rotatable bonds is 9. The zero-order valence-electron chi connectivity index (χ0n) is 27.4. The highest BCUT2D eigenvalue weighted by molar-refractivity contribution is 7.86. The van der Waals surface area contributed by atoms with Crippen LogP contribution in [0.3, 0.4) is 0 Å². The van der Waals surface area contributed by atoms with Gasteiger partial charge in [-0.2, -0.15) is 8.42 Å². The van der Waals surface area contributed by atoms with Gasteiger partial charge in [0.25, 0.3) is 10.1 Å². The maximum atomic E-state index is 13.4. The van der Waals surface area contributed by atoms with Crippen molar-refractivity contribution in [2.45, 2.75) is 138 Å². The van der Waals surface area contributed by atoms with Gasteiger partial charge in [0, 0.05) is 12.8 Å². The Hall–Kier alpha value is -1.20. The van der Waals surface area contributed by atoms with E-state index in [1.807, 2.05) is 0 Å². The van der Waals surface area contributed by atoms with Crippen LogP contribution in [0.25, 0.3) is 0 Å². The smallest absolute Gasteiger partial charge is 0.268 e. The molecule has 8 atom stereocenters. The van der Waals surface area contributed by atoms with Crippen molar-refractivity contribution >= 4 is 15.9 Å². The summed E-state index contributed by atoms with van der Waals surface area (Å²) in [5.41, 5.74) is 5.29. The summed E-state index contributed by atoms with van der Waals surface area (Å²) in [5.74, 6) is 4.09. The van der Waals surface area contributed by atoms with Gasteiger partial charge in [-0.1, -0.05) is 73.4 Å². The Morgan fingerprint density at radius 2 is 1.67 bits per heavy atom. The van der Waals surface area contributed by atoms with Gasteiger partial charge in [-0.15, -0.1) is 0 Å². The van der Waals surface area contributed by atoms with Crippen LogP contribution >= 0.6 is 0 Å². The van der Waals surface area contributed by atoms with E-state index in [1.165, 1.54) is 43.2 Å². The fourth-order valence-electron chi connectivity index (χ4n) is 10.8. The predicted octanol–water partition coefficient (Wildman–Crippen LogP) is 8.44. The molecule has 3 saturated carbocycles. The van der Waals surface area contributed by atoms with Gasteiger partial charge in [0.2, 0.25) is 0 Å². The molecule has 2 bridgehead atoms. The largest absolute Gasteiger partial charge is 0.299 e. The number of ketones is 1. The molecule has 0 saturated heterocycles. The van der Waals surface area contributed by atoms with Crippen molar-refractivity contribution in [3.8, 4) is 0 Å². The van der Waals surface area contributed by atoms with E-state index in [9.17, 15) is 13.2 Å². The van der Waals surface area contributed by atoms with Crippen LogP contribution in [-0.2, 0) is 38.4 Å². The number of fused-ring (bicyclic) bond motifs is 7. The van der Waals surface area contributed by atoms with Crippen LogP contribution in [0.15, 0.2) is 12.1 Å². The van der Waals surface area contributed by atoms with Crippen LogP contribution in [-0.4, -0.2) is 26.1 Å². The highest BCUT2D eigenvalue weighted by Crippen LogP contribution is 2.64. The molecule has 6 rings (SSSR count). The third kappa shape index (κ3) is 4.86. The lowest BCUT2D eigenvalue weighted by molar-refractivity contribution is -0.128. The molecule has 0 amide bonds. The highest BCUT2D eigenvalue weighted by Gasteiger charge is 2.65. The summed E-state index contributed by atoms with van der Waals surface area (Å²) in [5, 5.41) is 0. The summed E-state index contributed by atoms with van der Waals surface area (Å²) in [6, 6.07) is 4.70. The van der Waals surface area contributed by atoms with E-state index >= 15 is 0 Å². The molecule has 0 radical (unpaired) electrons. The van der Waals surface area contributed by atoms with Gasteiger partial charge in [-0.25, -0.2) is 0 Å². The van der Waals surface area contributed by atoms with Crippen molar-refractivity contribution in [1.82, 2.24) is 0 Å². The number of Topliss-reactive ketones (excluding diaryl/α,β-unsaturated/α-hetero) is 1. The molecule has 0 heterocycles. The number of benzene rings is 1. The summed E-state index contributed by atoms with van der Waals surface area (Å²) in [6.07, 6.45) is 11.9. The van der Waals surface area contributed by atoms with Gasteiger partial charge in [-0.05, 0) is 120 Å². The monoisotopic (exact) mass is 596 g/mol. The summed E-state index contributed by atoms with van der Waals surface area (Å²) in [6.45, 7) is 16.4. The first-order valence-electron chi connectivity index (χ1n) is 17.3. The fourth-order valence-corrected chi connectivity index (χ4v) is 12.7. The van der Waals surface area contributed by atoms with E-state index in [2.05, 4.69) is 60.6 Å². The Morgan fingerprint density at radius 1 is 0.905 bits per heavy atom. The molecule has 0 aliphatic heterocycles. The molecule has 0 aromatic heterocycles. The lowest BCUT2D eigenvalue weighted by Gasteiger charge is -2.45. The Kier molecular flexibility index (Phi) is 7.86. The van der Waals surface area contributed by atoms with Crippen LogP contribution in [0.2, 0.25) is 0 Å². The molecule has 5 aliphatic rings. The topological polar surface area (TPSA) is 60.4 Å². The molecular formula is C37H56O4S. The molecule has 4 nitrogen and oxygen atoms in total. The molecule has 42 heavy (non-hydrogen) atoms. The van der Waals surface area contributed by atoms with Crippen molar-refractivity contribution in [3.63, 3.8) is 0 Å². The predicted molar refractivity (Wildman–Crippen MR) is 170 cm³/mol. The summed E-state index contributed by atoms with van der Waals surface area (Å²) >= 11 is 0. The van der Waals surface area contributed by atoms with Crippen molar-refractivity contribution in [2.75, 3.05) is 5.75 Å². The van der Waals surface area contributed by atoms with E-state index in [-0.39, 0.29) is 23.1 Å². The lowest BCUT2D eigenvalue weighted by atomic mass is 9.59. The molecule has 0 unspecified atom stereocenters. The van der Waals surface area contributed by atoms with Crippen LogP contribution in [0, 0.1) is 45.8 Å². The van der Waals surface area contributed by atoms with Gasteiger partial charge >= 0.3 is 0 Å². The number of hydrogen-bond acceptors (Lipinski definition) is 4. The molecule has 3 fully saturated rings. The minimum Gasteiger partial charge on any atom is -0.299 e. The molecule has 0 N–H and O–H groups in total. The number of carbonyl (C=O) groups is 1. The molecule has 1 aromatic carbocycles. The Labute approximate surface area is 256 Å². The molecule has 1 aromatic rings. The fraction of sp³-hybridized carbons (Fsp3) is 0.811. The normalized spacial score (nSPS) is 36.5. The summed E-state index contributed by atoms with van der Waals surface area (Å²) in [4.78, 5) is 13.0. The number of carbonyl (C=O) groups excluding carboxylic acids is 1. The molecule has 5 heteroatoms. The second-order valence-corrected chi connectivity index (χ2v) is 18.2. The Morgan fingerprint density at radius 3 is 2.33 bits per heavy atom. The minimum atomic E-state index is -3.80. The van der Waals surface area contributed by atoms with Crippen LogP contribution in [0.5, 0.6) is 0 Å². The van der Waals surface area contributed by atoms with E-state index in [0.29, 0.717) is 36.5 Å². The maximum absolute atomic E-state index is 13.4. The van der Waals surface area contributed by atoms with Crippen LogP contribution in [0.4, 0.5) is 0 Å². The first kappa shape index (κ1) is 30.8. The van der Waals surface area contributed by atoms with Crippen LogP contribution in [0.1, 0.15) is 134 Å². The summed E-state index contributed by atoms with van der Waals surface area (Å²) in [7, 11) is -3.80. The Balaban J connectivity index is 1.14. The quantitative estimate of drug-likeness (QED) is 0.268. The van der Waals surface area contributed by atoms with E-state index in [0.717, 1.165) is 49.4 Å². The van der Waals surface area contributed by atoms with Gasteiger partial charge in [0.1, 0.15) is 5.78 Å². The van der Waals surface area contributed by atoms with Gasteiger partial charge in [0.15, 0.2) is 0 Å². The van der Waals surface area contributed by atoms with Gasteiger partial charge in [-0.3, -0.25) is 8.98 Å². The minimum absolute atomic E-state index is 0.136. The van der Waals surface area contributed by atoms with Gasteiger partial charge < -0.3 is 0 Å². The van der Waals surface area contributed by atoms with E-state index in [1.54, 1.807) is 11.1 Å². The van der Waals surface area contributed by atoms with Crippen molar-refractivity contribution in [3.05, 3.63) is 34.4 Å². The summed E-state index contributed by atoms with van der Waals surface area (Å²) < 4.78 is 32.7. The zero-order valence-corrected chi connectivity index (χ0v) is 28.2. The first-order valence-corrected chi connectivity index (χ1v) is 18.8. The zero-order chi connectivity index (χ0) is 30.2. The molecule has 234 valence electrons. The van der Waals surface area contributed by atoms with Gasteiger partial charge in [0.05, 0.1) is 17.3 Å². The number of hydrogen-bond donors (Lipinski definition) is 0. The average molecular weight is 597 g/mol. The van der Waals surface area contributed by atoms with Crippen LogP contribution < -0.4 is 0 Å². The second kappa shape index (κ2) is 10.7. The maximum Gasteiger partial charge on any atom is 0.268 e. The van der Waals surface area contributed by atoms with E-state index < -0.39 is 15.5 Å². The second-order valence-electron chi connectivity index (χ2n) is 16.6. The SMILES string of the molecule is CC(C)[C@@H](C)CC[C@@H](C)[C@H]1CC[C@@H]2c3ccc4c(c3CC[C@@]21C)CC[C@H](OS(=O)(=O)C[C@]12CC[C@H](CC1=O)C2(C)C)C4. The van der Waals surface area contributed by atoms with Crippen molar-refractivity contribution < 1.29 is 17.4 Å². The van der Waals surface area contributed by atoms with Crippen molar-refractivity contribution in [2.24, 2.45) is 45.8 Å². The lowest BCUT2D eigenvalue weighted by Crippen LogP contribution is -2.43. The average Bonchev–Trinajstić information content (AvgIpc) is 3.46. The standard InChI is InChI=1S/C37H56O4S/c1-23(2)24(3)8-9-25(4)32-14-15-33-31-12-10-26-20-28(11-13-29(26)30(31)17-18-36(32,33)7)41-42(39,40)22-37-19-16-27(21-34(37)38)35(37,5)6/h10,12,23-25,27-28,32-33H,8-9,11,13-22H2,1-7H3/t24-,25+,27+,28-,32+,33+,36+,37+/m0/s1. The molecule has 5 aliphatic carbocycles. The third-order valence-electron chi connectivity index (χ3n) is 14.2. The van der Waals surface area contributed by atoms with Crippen molar-refractivity contribution in [1.29, 1.82) is 0 Å². The molecular weight excluding hydrogens is 540 g/mol. The third-order valence-corrected chi connectivity index (χ3v) is 15.6. The van der Waals surface area contributed by atoms with E-state index in [4.69, 9.17) is 4.18 Å².